The minimum absolute atomic E-state index is 0.159. The van der Waals surface area contributed by atoms with Gasteiger partial charge in [0.15, 0.2) is 0 Å². The van der Waals surface area contributed by atoms with Crippen LogP contribution in [-0.4, -0.2) is 34.5 Å². The Morgan fingerprint density at radius 2 is 2.20 bits per heavy atom. The molecule has 0 aliphatic heterocycles. The normalized spacial score (nSPS) is 10.5. The molecule has 2 rings (SSSR count). The fourth-order valence-electron chi connectivity index (χ4n) is 1.81. The number of aromatic hydroxyl groups is 1. The van der Waals surface area contributed by atoms with Gasteiger partial charge in [-0.3, -0.25) is 4.79 Å². The van der Waals surface area contributed by atoms with Gasteiger partial charge in [0.25, 0.3) is 5.91 Å². The predicted octanol–water partition coefficient (Wildman–Crippen LogP) is 1.62. The Morgan fingerprint density at radius 1 is 1.45 bits per heavy atom. The number of amides is 1. The number of benzene rings is 1. The number of hydrogen-bond donors (Lipinski definition) is 2. The monoisotopic (exact) mass is 291 g/mol. The first kappa shape index (κ1) is 14.5. The molecule has 0 aliphatic rings. The van der Waals surface area contributed by atoms with Gasteiger partial charge < -0.3 is 15.7 Å². The van der Waals surface area contributed by atoms with Crippen LogP contribution in [0.4, 0.5) is 0 Å². The lowest BCUT2D eigenvalue weighted by atomic mass is 10.2. The largest absolute Gasteiger partial charge is 0.508 e. The van der Waals surface area contributed by atoms with E-state index in [0.29, 0.717) is 30.8 Å². The van der Waals surface area contributed by atoms with Gasteiger partial charge in [0.2, 0.25) is 0 Å². The first-order valence-electron chi connectivity index (χ1n) is 6.28. The number of phenolic OH excluding ortho intramolecular Hbond substituents is 1. The lowest BCUT2D eigenvalue weighted by Crippen LogP contribution is -2.26. The van der Waals surface area contributed by atoms with Gasteiger partial charge in [0.1, 0.15) is 11.4 Å². The molecule has 3 N–H and O–H groups in total. The predicted molar refractivity (Wildman–Crippen MR) is 78.8 cm³/mol. The Hall–Kier alpha value is -1.92. The van der Waals surface area contributed by atoms with E-state index in [-0.39, 0.29) is 11.7 Å². The van der Waals surface area contributed by atoms with Crippen LogP contribution in [-0.2, 0) is 13.0 Å². The number of rotatable bonds is 5. The molecular weight excluding hydrogens is 274 g/mol. The van der Waals surface area contributed by atoms with E-state index in [9.17, 15) is 9.90 Å². The fraction of sp³-hybridized carbons (Fsp3) is 0.286. The molecule has 1 aromatic heterocycles. The van der Waals surface area contributed by atoms with Crippen LogP contribution in [0.3, 0.4) is 0 Å². The van der Waals surface area contributed by atoms with E-state index in [1.165, 1.54) is 16.2 Å². The molecule has 0 fully saturated rings. The molecule has 20 heavy (non-hydrogen) atoms. The molecular formula is C14H17N3O2S. The van der Waals surface area contributed by atoms with Gasteiger partial charge in [-0.05, 0) is 12.6 Å². The van der Waals surface area contributed by atoms with E-state index < -0.39 is 0 Å². The molecule has 0 aliphatic carbocycles. The second-order valence-electron chi connectivity index (χ2n) is 4.46. The summed E-state index contributed by atoms with van der Waals surface area (Å²) in [5, 5.41) is 12.3. The van der Waals surface area contributed by atoms with Crippen molar-refractivity contribution >= 4 is 17.2 Å². The summed E-state index contributed by atoms with van der Waals surface area (Å²) in [6.45, 7) is 0.865. The van der Waals surface area contributed by atoms with Crippen molar-refractivity contribution in [3.8, 4) is 5.75 Å². The molecule has 1 amide bonds. The summed E-state index contributed by atoms with van der Waals surface area (Å²) in [6, 6.07) is 6.98. The van der Waals surface area contributed by atoms with Crippen molar-refractivity contribution in [1.29, 1.82) is 0 Å². The third-order valence-corrected chi connectivity index (χ3v) is 3.78. The standard InChI is InChI=1S/C14H17N3O2S/c1-17(8-10-4-2-3-5-12(10)18)14(19)11-9-20-13(16-11)6-7-15/h2-5,9,18H,6-8,15H2,1H3. The molecule has 5 nitrogen and oxygen atoms in total. The molecule has 106 valence electrons. The van der Waals surface area contributed by atoms with Gasteiger partial charge in [0.05, 0.1) is 5.01 Å². The van der Waals surface area contributed by atoms with Crippen LogP contribution in [0.2, 0.25) is 0 Å². The number of thiazole rings is 1. The number of nitrogens with zero attached hydrogens (tertiary/aromatic N) is 2. The van der Waals surface area contributed by atoms with Crippen LogP contribution < -0.4 is 5.73 Å². The number of carbonyl (C=O) groups is 1. The average Bonchev–Trinajstić information content (AvgIpc) is 2.89. The summed E-state index contributed by atoms with van der Waals surface area (Å²) in [5.41, 5.74) is 6.60. The SMILES string of the molecule is CN(Cc1ccccc1O)C(=O)c1csc(CCN)n1. The lowest BCUT2D eigenvalue weighted by molar-refractivity contribution is 0.0779. The zero-order valence-electron chi connectivity index (χ0n) is 11.2. The summed E-state index contributed by atoms with van der Waals surface area (Å²) >= 11 is 1.44. The number of hydrogen-bond acceptors (Lipinski definition) is 5. The van der Waals surface area contributed by atoms with Crippen molar-refractivity contribution in [2.75, 3.05) is 13.6 Å². The number of para-hydroxylation sites is 1. The summed E-state index contributed by atoms with van der Waals surface area (Å²) in [4.78, 5) is 18.0. The van der Waals surface area contributed by atoms with Crippen molar-refractivity contribution in [2.45, 2.75) is 13.0 Å². The maximum atomic E-state index is 12.2. The first-order valence-corrected chi connectivity index (χ1v) is 7.16. The van der Waals surface area contributed by atoms with Crippen LogP contribution in [0.1, 0.15) is 21.1 Å². The molecule has 0 saturated carbocycles. The van der Waals surface area contributed by atoms with Gasteiger partial charge in [-0.25, -0.2) is 4.98 Å². The topological polar surface area (TPSA) is 79.5 Å². The van der Waals surface area contributed by atoms with Gasteiger partial charge in [-0.1, -0.05) is 18.2 Å². The quantitative estimate of drug-likeness (QED) is 0.877. The van der Waals surface area contributed by atoms with Crippen LogP contribution in [0.15, 0.2) is 29.6 Å². The van der Waals surface area contributed by atoms with E-state index in [0.717, 1.165) is 5.01 Å². The second kappa shape index (κ2) is 6.49. The Bertz CT molecular complexity index is 598. The van der Waals surface area contributed by atoms with Crippen molar-refractivity contribution in [2.24, 2.45) is 5.73 Å². The molecule has 0 saturated heterocycles. The zero-order valence-corrected chi connectivity index (χ0v) is 12.1. The van der Waals surface area contributed by atoms with E-state index in [1.807, 2.05) is 6.07 Å². The summed E-state index contributed by atoms with van der Waals surface area (Å²) in [7, 11) is 1.69. The average molecular weight is 291 g/mol. The molecule has 0 radical (unpaired) electrons. The highest BCUT2D eigenvalue weighted by atomic mass is 32.1. The molecule has 1 aromatic carbocycles. The molecule has 0 atom stereocenters. The van der Waals surface area contributed by atoms with Crippen LogP contribution in [0.5, 0.6) is 5.75 Å². The Labute approximate surface area is 121 Å². The van der Waals surface area contributed by atoms with Crippen LogP contribution in [0.25, 0.3) is 0 Å². The Kier molecular flexibility index (Phi) is 4.70. The second-order valence-corrected chi connectivity index (χ2v) is 5.40. The molecule has 6 heteroatoms. The number of aromatic nitrogens is 1. The minimum atomic E-state index is -0.159. The van der Waals surface area contributed by atoms with Gasteiger partial charge in [-0.15, -0.1) is 11.3 Å². The molecule has 0 bridgehead atoms. The molecule has 1 heterocycles. The minimum Gasteiger partial charge on any atom is -0.508 e. The summed E-state index contributed by atoms with van der Waals surface area (Å²) in [5.74, 6) is 0.0297. The van der Waals surface area contributed by atoms with Gasteiger partial charge in [0, 0.05) is 31.0 Å². The molecule has 0 spiro atoms. The third kappa shape index (κ3) is 3.34. The van der Waals surface area contributed by atoms with Crippen molar-refractivity contribution in [3.05, 3.63) is 45.9 Å². The third-order valence-electron chi connectivity index (χ3n) is 2.87. The molecule has 0 unspecified atom stereocenters. The number of nitrogens with two attached hydrogens (primary N) is 1. The maximum Gasteiger partial charge on any atom is 0.273 e. The van der Waals surface area contributed by atoms with E-state index >= 15 is 0 Å². The maximum absolute atomic E-state index is 12.2. The zero-order chi connectivity index (χ0) is 14.5. The smallest absolute Gasteiger partial charge is 0.273 e. The first-order chi connectivity index (χ1) is 9.61. The summed E-state index contributed by atoms with van der Waals surface area (Å²) in [6.07, 6.45) is 0.682. The van der Waals surface area contributed by atoms with Crippen LogP contribution in [0, 0.1) is 0 Å². The Morgan fingerprint density at radius 3 is 2.90 bits per heavy atom. The highest BCUT2D eigenvalue weighted by molar-refractivity contribution is 7.09. The van der Waals surface area contributed by atoms with E-state index in [2.05, 4.69) is 4.98 Å². The Balaban J connectivity index is 2.06. The number of carbonyl (C=O) groups excluding carboxylic acids is 1. The van der Waals surface area contributed by atoms with E-state index in [4.69, 9.17) is 5.73 Å². The van der Waals surface area contributed by atoms with Crippen LogP contribution >= 0.6 is 11.3 Å². The summed E-state index contributed by atoms with van der Waals surface area (Å²) < 4.78 is 0. The lowest BCUT2D eigenvalue weighted by Gasteiger charge is -2.16. The van der Waals surface area contributed by atoms with Crippen molar-refractivity contribution < 1.29 is 9.90 Å². The van der Waals surface area contributed by atoms with Gasteiger partial charge in [-0.2, -0.15) is 0 Å². The van der Waals surface area contributed by atoms with Gasteiger partial charge >= 0.3 is 0 Å². The highest BCUT2D eigenvalue weighted by Crippen LogP contribution is 2.18. The fourth-order valence-corrected chi connectivity index (χ4v) is 2.60. The highest BCUT2D eigenvalue weighted by Gasteiger charge is 2.16. The molecule has 2 aromatic rings. The number of phenols is 1. The van der Waals surface area contributed by atoms with Crippen molar-refractivity contribution in [1.82, 2.24) is 9.88 Å². The van der Waals surface area contributed by atoms with Crippen molar-refractivity contribution in [3.63, 3.8) is 0 Å². The van der Waals surface area contributed by atoms with E-state index in [1.54, 1.807) is 30.6 Å².